The van der Waals surface area contributed by atoms with E-state index >= 15 is 0 Å². The Kier molecular flexibility index (Phi) is 5.06. The van der Waals surface area contributed by atoms with Gasteiger partial charge in [0.05, 0.1) is 4.47 Å². The van der Waals surface area contributed by atoms with Crippen LogP contribution >= 0.6 is 27.5 Å². The van der Waals surface area contributed by atoms with Gasteiger partial charge >= 0.3 is 0 Å². The van der Waals surface area contributed by atoms with Crippen LogP contribution in [0.2, 0.25) is 0 Å². The monoisotopic (exact) mass is 356 g/mol. The van der Waals surface area contributed by atoms with Crippen molar-refractivity contribution >= 4 is 27.5 Å². The predicted molar refractivity (Wildman–Crippen MR) is 83.9 cm³/mol. The van der Waals surface area contributed by atoms with Crippen molar-refractivity contribution in [3.8, 4) is 5.75 Å². The fourth-order valence-corrected chi connectivity index (χ4v) is 2.71. The number of aryl methyl sites for hydroxylation is 2. The average molecular weight is 358 g/mol. The summed E-state index contributed by atoms with van der Waals surface area (Å²) < 4.78 is 19.5. The summed E-state index contributed by atoms with van der Waals surface area (Å²) in [5.74, 6) is 1.08. The van der Waals surface area contributed by atoms with E-state index in [-0.39, 0.29) is 5.82 Å². The highest BCUT2D eigenvalue weighted by atomic mass is 79.9. The van der Waals surface area contributed by atoms with E-state index in [0.29, 0.717) is 17.0 Å². The zero-order valence-electron chi connectivity index (χ0n) is 11.3. The second kappa shape index (κ2) is 6.59. The van der Waals surface area contributed by atoms with Crippen molar-refractivity contribution in [3.63, 3.8) is 0 Å². The van der Waals surface area contributed by atoms with Gasteiger partial charge in [-0.15, -0.1) is 11.6 Å². The SMILES string of the molecule is Cc1cc(CCl)cc(C)c1OCc1ccc(F)c(Br)c1. The molecule has 106 valence electrons. The van der Waals surface area contributed by atoms with Crippen LogP contribution in [0.3, 0.4) is 0 Å². The van der Waals surface area contributed by atoms with Crippen LogP contribution < -0.4 is 4.74 Å². The van der Waals surface area contributed by atoms with Crippen LogP contribution in [0.4, 0.5) is 4.39 Å². The summed E-state index contributed by atoms with van der Waals surface area (Å²) in [4.78, 5) is 0. The highest BCUT2D eigenvalue weighted by Crippen LogP contribution is 2.27. The smallest absolute Gasteiger partial charge is 0.137 e. The number of hydrogen-bond donors (Lipinski definition) is 0. The van der Waals surface area contributed by atoms with Crippen molar-refractivity contribution in [1.29, 1.82) is 0 Å². The number of benzene rings is 2. The molecule has 2 rings (SSSR count). The second-order valence-electron chi connectivity index (χ2n) is 4.73. The Hall–Kier alpha value is -1.06. The summed E-state index contributed by atoms with van der Waals surface area (Å²) in [6.45, 7) is 4.40. The van der Waals surface area contributed by atoms with E-state index < -0.39 is 0 Å². The van der Waals surface area contributed by atoms with Crippen LogP contribution in [0.1, 0.15) is 22.3 Å². The molecule has 0 aliphatic rings. The van der Waals surface area contributed by atoms with Crippen molar-refractivity contribution in [3.05, 3.63) is 62.9 Å². The zero-order chi connectivity index (χ0) is 14.7. The number of alkyl halides is 1. The Labute approximate surface area is 131 Å². The molecule has 0 aliphatic heterocycles. The molecule has 0 saturated heterocycles. The van der Waals surface area contributed by atoms with E-state index in [1.165, 1.54) is 6.07 Å². The van der Waals surface area contributed by atoms with Crippen molar-refractivity contribution in [2.75, 3.05) is 0 Å². The molecule has 0 atom stereocenters. The van der Waals surface area contributed by atoms with Crippen LogP contribution in [-0.2, 0) is 12.5 Å². The van der Waals surface area contributed by atoms with Gasteiger partial charge in [-0.25, -0.2) is 4.39 Å². The summed E-state index contributed by atoms with van der Waals surface area (Å²) in [5, 5.41) is 0. The maximum Gasteiger partial charge on any atom is 0.137 e. The third-order valence-corrected chi connectivity index (χ3v) is 3.96. The predicted octanol–water partition coefficient (Wildman–Crippen LogP) is 5.52. The fourth-order valence-electron chi connectivity index (χ4n) is 2.13. The number of rotatable bonds is 4. The minimum Gasteiger partial charge on any atom is -0.488 e. The van der Waals surface area contributed by atoms with Crippen LogP contribution in [0.5, 0.6) is 5.75 Å². The lowest BCUT2D eigenvalue weighted by Gasteiger charge is -2.14. The average Bonchev–Trinajstić information content (AvgIpc) is 2.41. The summed E-state index contributed by atoms with van der Waals surface area (Å²) >= 11 is 9.02. The molecule has 0 fully saturated rings. The van der Waals surface area contributed by atoms with Gasteiger partial charge in [0.1, 0.15) is 18.2 Å². The highest BCUT2D eigenvalue weighted by molar-refractivity contribution is 9.10. The zero-order valence-corrected chi connectivity index (χ0v) is 13.7. The van der Waals surface area contributed by atoms with E-state index in [1.54, 1.807) is 12.1 Å². The first kappa shape index (κ1) is 15.3. The molecule has 0 aliphatic carbocycles. The maximum atomic E-state index is 13.2. The van der Waals surface area contributed by atoms with Gasteiger partial charge < -0.3 is 4.74 Å². The second-order valence-corrected chi connectivity index (χ2v) is 5.85. The quantitative estimate of drug-likeness (QED) is 0.654. The first-order valence-electron chi connectivity index (χ1n) is 6.24. The number of hydrogen-bond acceptors (Lipinski definition) is 1. The van der Waals surface area contributed by atoms with Crippen molar-refractivity contribution < 1.29 is 9.13 Å². The molecule has 0 amide bonds. The minimum absolute atomic E-state index is 0.271. The molecule has 2 aromatic carbocycles. The Balaban J connectivity index is 2.16. The van der Waals surface area contributed by atoms with E-state index in [0.717, 1.165) is 28.0 Å². The van der Waals surface area contributed by atoms with E-state index in [4.69, 9.17) is 16.3 Å². The lowest BCUT2D eigenvalue weighted by molar-refractivity contribution is 0.301. The molecule has 0 unspecified atom stereocenters. The summed E-state index contributed by atoms with van der Waals surface area (Å²) in [6.07, 6.45) is 0. The third-order valence-electron chi connectivity index (χ3n) is 3.04. The van der Waals surface area contributed by atoms with E-state index in [1.807, 2.05) is 26.0 Å². The largest absolute Gasteiger partial charge is 0.488 e. The third kappa shape index (κ3) is 3.53. The van der Waals surface area contributed by atoms with E-state index in [9.17, 15) is 4.39 Å². The number of ether oxygens (including phenoxy) is 1. The molecular weight excluding hydrogens is 343 g/mol. The molecule has 0 aromatic heterocycles. The first-order chi connectivity index (χ1) is 9.51. The Bertz CT molecular complexity index is 605. The van der Waals surface area contributed by atoms with Gasteiger partial charge in [0.2, 0.25) is 0 Å². The first-order valence-corrected chi connectivity index (χ1v) is 7.57. The molecule has 0 N–H and O–H groups in total. The van der Waals surface area contributed by atoms with Gasteiger partial charge in [0.15, 0.2) is 0 Å². The summed E-state index contributed by atoms with van der Waals surface area (Å²) in [6, 6.07) is 8.93. The molecule has 0 spiro atoms. The lowest BCUT2D eigenvalue weighted by atomic mass is 10.1. The molecule has 0 radical (unpaired) electrons. The topological polar surface area (TPSA) is 9.23 Å². The Morgan fingerprint density at radius 3 is 2.30 bits per heavy atom. The standard InChI is InChI=1S/C16H15BrClFO/c1-10-5-13(8-18)6-11(2)16(10)20-9-12-3-4-15(19)14(17)7-12/h3-7H,8-9H2,1-2H3. The maximum absolute atomic E-state index is 13.2. The van der Waals surface area contributed by atoms with Gasteiger partial charge in [-0.2, -0.15) is 0 Å². The Morgan fingerprint density at radius 1 is 1.10 bits per heavy atom. The summed E-state index contributed by atoms with van der Waals surface area (Å²) in [5.41, 5.74) is 4.11. The van der Waals surface area contributed by atoms with Crippen molar-refractivity contribution in [2.45, 2.75) is 26.3 Å². The molecule has 0 bridgehead atoms. The lowest BCUT2D eigenvalue weighted by Crippen LogP contribution is -2.00. The van der Waals surface area contributed by atoms with Crippen LogP contribution in [0, 0.1) is 19.7 Å². The fraction of sp³-hybridized carbons (Fsp3) is 0.250. The molecule has 1 nitrogen and oxygen atoms in total. The van der Waals surface area contributed by atoms with Crippen LogP contribution in [0.25, 0.3) is 0 Å². The van der Waals surface area contributed by atoms with Crippen molar-refractivity contribution in [2.24, 2.45) is 0 Å². The molecule has 2 aromatic rings. The van der Waals surface area contributed by atoms with Crippen LogP contribution in [-0.4, -0.2) is 0 Å². The van der Waals surface area contributed by atoms with Gasteiger partial charge in [-0.05, 0) is 64.2 Å². The molecule has 0 heterocycles. The van der Waals surface area contributed by atoms with Gasteiger partial charge in [0.25, 0.3) is 0 Å². The molecule has 20 heavy (non-hydrogen) atoms. The molecule has 0 saturated carbocycles. The van der Waals surface area contributed by atoms with Crippen molar-refractivity contribution in [1.82, 2.24) is 0 Å². The van der Waals surface area contributed by atoms with Gasteiger partial charge in [-0.3, -0.25) is 0 Å². The normalized spacial score (nSPS) is 10.7. The summed E-state index contributed by atoms with van der Waals surface area (Å²) in [7, 11) is 0. The number of halogens is 3. The van der Waals surface area contributed by atoms with E-state index in [2.05, 4.69) is 15.9 Å². The molecular formula is C16H15BrClFO. The molecule has 4 heteroatoms. The highest BCUT2D eigenvalue weighted by Gasteiger charge is 2.07. The van der Waals surface area contributed by atoms with Crippen LogP contribution in [0.15, 0.2) is 34.8 Å². The van der Waals surface area contributed by atoms with Gasteiger partial charge in [-0.1, -0.05) is 18.2 Å². The Morgan fingerprint density at radius 2 is 1.75 bits per heavy atom. The minimum atomic E-state index is -0.271. The van der Waals surface area contributed by atoms with Gasteiger partial charge in [0, 0.05) is 5.88 Å².